The van der Waals surface area contributed by atoms with Crippen molar-refractivity contribution in [2.45, 2.75) is 12.8 Å². The fourth-order valence-corrected chi connectivity index (χ4v) is 2.23. The number of rotatable bonds is 6. The highest BCUT2D eigenvalue weighted by atomic mass is 19.4. The third-order valence-electron chi connectivity index (χ3n) is 3.43. The molecule has 1 aromatic carbocycles. The summed E-state index contributed by atoms with van der Waals surface area (Å²) < 4.78 is 39.6. The highest BCUT2D eigenvalue weighted by molar-refractivity contribution is 5.81. The van der Waals surface area contributed by atoms with Crippen LogP contribution in [-0.4, -0.2) is 63.8 Å². The Labute approximate surface area is 140 Å². The average molecular weight is 359 g/mol. The van der Waals surface area contributed by atoms with Gasteiger partial charge in [0, 0.05) is 31.6 Å². The summed E-state index contributed by atoms with van der Waals surface area (Å²) >= 11 is 0. The first kappa shape index (κ1) is 18.6. The van der Waals surface area contributed by atoms with E-state index in [1.165, 1.54) is 48.1 Å². The molecule has 0 fully saturated rings. The number of carbonyl (C=O) groups excluding carboxylic acids is 1. The van der Waals surface area contributed by atoms with Crippen LogP contribution < -0.4 is 0 Å². The van der Waals surface area contributed by atoms with Crippen LogP contribution >= 0.6 is 0 Å². The fraction of sp³-hybridized carbons (Fsp3) is 0.429. The number of alkyl halides is 3. The lowest BCUT2D eigenvalue weighted by atomic mass is 10.2. The third-order valence-corrected chi connectivity index (χ3v) is 3.43. The number of carbonyl (C=O) groups is 1. The van der Waals surface area contributed by atoms with Crippen LogP contribution in [0.2, 0.25) is 0 Å². The van der Waals surface area contributed by atoms with Gasteiger partial charge in [0.1, 0.15) is 0 Å². The number of nitro groups is 1. The maximum absolute atomic E-state index is 12.8. The summed E-state index contributed by atoms with van der Waals surface area (Å²) in [6.45, 7) is -1.98. The van der Waals surface area contributed by atoms with Crippen molar-refractivity contribution in [3.05, 3.63) is 34.5 Å². The van der Waals surface area contributed by atoms with E-state index in [0.717, 1.165) is 4.90 Å². The molecule has 0 aliphatic heterocycles. The smallest absolute Gasteiger partial charge is 0.348 e. The molecule has 11 heteroatoms. The van der Waals surface area contributed by atoms with Crippen LogP contribution in [0.25, 0.3) is 10.9 Å². The molecule has 136 valence electrons. The van der Waals surface area contributed by atoms with Crippen LogP contribution in [0.1, 0.15) is 0 Å². The van der Waals surface area contributed by atoms with E-state index in [1.807, 2.05) is 0 Å². The fourth-order valence-electron chi connectivity index (χ4n) is 2.23. The van der Waals surface area contributed by atoms with E-state index < -0.39 is 30.1 Å². The number of fused-ring (bicyclic) bond motifs is 1. The maximum Gasteiger partial charge on any atom is 0.401 e. The van der Waals surface area contributed by atoms with E-state index >= 15 is 0 Å². The van der Waals surface area contributed by atoms with Crippen molar-refractivity contribution in [2.24, 2.45) is 0 Å². The molecule has 0 N–H and O–H groups in total. The number of non-ortho nitro benzene ring substituents is 1. The Morgan fingerprint density at radius 1 is 1.36 bits per heavy atom. The Bertz CT molecular complexity index is 788. The van der Waals surface area contributed by atoms with E-state index in [9.17, 15) is 28.1 Å². The van der Waals surface area contributed by atoms with Gasteiger partial charge in [-0.05, 0) is 6.07 Å². The molecule has 0 spiro atoms. The predicted molar refractivity (Wildman–Crippen MR) is 82.7 cm³/mol. The number of benzene rings is 1. The largest absolute Gasteiger partial charge is 0.401 e. The van der Waals surface area contributed by atoms with E-state index in [-0.39, 0.29) is 12.4 Å². The first-order valence-corrected chi connectivity index (χ1v) is 7.16. The molecule has 1 amide bonds. The van der Waals surface area contributed by atoms with Gasteiger partial charge in [-0.2, -0.15) is 18.3 Å². The Morgan fingerprint density at radius 2 is 2.04 bits per heavy atom. The van der Waals surface area contributed by atoms with Gasteiger partial charge in [-0.15, -0.1) is 0 Å². The zero-order valence-corrected chi connectivity index (χ0v) is 13.5. The summed E-state index contributed by atoms with van der Waals surface area (Å²) in [5.74, 6) is -0.476. The second-order valence-electron chi connectivity index (χ2n) is 5.68. The molecule has 8 nitrogen and oxygen atoms in total. The highest BCUT2D eigenvalue weighted by Gasteiger charge is 2.32. The summed E-state index contributed by atoms with van der Waals surface area (Å²) in [6.07, 6.45) is -3.14. The van der Waals surface area contributed by atoms with Gasteiger partial charge in [-0.3, -0.25) is 24.5 Å². The van der Waals surface area contributed by atoms with Crippen molar-refractivity contribution in [3.63, 3.8) is 0 Å². The molecule has 0 atom stereocenters. The van der Waals surface area contributed by atoms with E-state index in [4.69, 9.17) is 0 Å². The Morgan fingerprint density at radius 3 is 2.60 bits per heavy atom. The van der Waals surface area contributed by atoms with E-state index in [2.05, 4.69) is 5.10 Å². The van der Waals surface area contributed by atoms with Crippen molar-refractivity contribution in [3.8, 4) is 0 Å². The van der Waals surface area contributed by atoms with Crippen LogP contribution in [0.5, 0.6) is 0 Å². The highest BCUT2D eigenvalue weighted by Crippen LogP contribution is 2.22. The van der Waals surface area contributed by atoms with E-state index in [1.54, 1.807) is 0 Å². The molecular formula is C14H16F3N5O3. The number of nitro benzene ring substituents is 1. The molecular weight excluding hydrogens is 343 g/mol. The SMILES string of the molecule is CN(C)C(=O)CN(Cn1ncc2cc([N+](=O)[O-])ccc21)CC(F)(F)F. The Balaban J connectivity index is 2.26. The zero-order valence-electron chi connectivity index (χ0n) is 13.5. The topological polar surface area (TPSA) is 84.5 Å². The summed E-state index contributed by atoms with van der Waals surface area (Å²) in [4.78, 5) is 24.1. The normalized spacial score (nSPS) is 11.9. The van der Waals surface area contributed by atoms with Gasteiger partial charge in [0.15, 0.2) is 0 Å². The number of hydrogen-bond acceptors (Lipinski definition) is 5. The molecule has 0 bridgehead atoms. The molecule has 0 aliphatic rings. The number of likely N-dealkylation sites (N-methyl/N-ethyl adjacent to an activating group) is 1. The van der Waals surface area contributed by atoms with Crippen LogP contribution in [0.3, 0.4) is 0 Å². The summed E-state index contributed by atoms with van der Waals surface area (Å²) in [5, 5.41) is 15.2. The van der Waals surface area contributed by atoms with Crippen molar-refractivity contribution in [1.29, 1.82) is 0 Å². The van der Waals surface area contributed by atoms with Gasteiger partial charge in [0.25, 0.3) is 5.69 Å². The van der Waals surface area contributed by atoms with Crippen molar-refractivity contribution >= 4 is 22.5 Å². The van der Waals surface area contributed by atoms with E-state index in [0.29, 0.717) is 10.9 Å². The van der Waals surface area contributed by atoms with Crippen LogP contribution in [0.15, 0.2) is 24.4 Å². The second kappa shape index (κ2) is 7.05. The molecule has 0 saturated heterocycles. The minimum atomic E-state index is -4.48. The molecule has 0 radical (unpaired) electrons. The molecule has 2 rings (SSSR count). The van der Waals surface area contributed by atoms with Crippen molar-refractivity contribution < 1.29 is 22.9 Å². The molecule has 1 heterocycles. The zero-order chi connectivity index (χ0) is 18.8. The summed E-state index contributed by atoms with van der Waals surface area (Å²) in [5.41, 5.74) is 0.303. The first-order chi connectivity index (χ1) is 11.6. The minimum absolute atomic E-state index is 0.137. The number of amides is 1. The van der Waals surface area contributed by atoms with Crippen LogP contribution in [0.4, 0.5) is 18.9 Å². The number of nitrogens with zero attached hydrogens (tertiary/aromatic N) is 5. The predicted octanol–water partition coefficient (Wildman–Crippen LogP) is 1.85. The number of aromatic nitrogens is 2. The van der Waals surface area contributed by atoms with Crippen LogP contribution in [0, 0.1) is 10.1 Å². The molecule has 2 aromatic rings. The summed E-state index contributed by atoms with van der Waals surface area (Å²) in [6, 6.07) is 3.96. The first-order valence-electron chi connectivity index (χ1n) is 7.16. The third kappa shape index (κ3) is 4.89. The van der Waals surface area contributed by atoms with Gasteiger partial charge in [-0.1, -0.05) is 0 Å². The van der Waals surface area contributed by atoms with Gasteiger partial charge < -0.3 is 4.90 Å². The quantitative estimate of drug-likeness (QED) is 0.581. The lowest BCUT2D eigenvalue weighted by molar-refractivity contribution is -0.384. The standard InChI is InChI=1S/C14H16F3N5O3/c1-19(2)13(23)7-20(8-14(15,16)17)9-21-12-4-3-11(22(24)25)5-10(12)6-18-21/h3-6H,7-9H2,1-2H3. The van der Waals surface area contributed by atoms with Crippen molar-refractivity contribution in [2.75, 3.05) is 27.2 Å². The Kier molecular flexibility index (Phi) is 5.26. The second-order valence-corrected chi connectivity index (χ2v) is 5.68. The van der Waals surface area contributed by atoms with Gasteiger partial charge in [0.2, 0.25) is 5.91 Å². The lowest BCUT2D eigenvalue weighted by Crippen LogP contribution is -2.42. The minimum Gasteiger partial charge on any atom is -0.348 e. The number of halogens is 3. The maximum atomic E-state index is 12.8. The van der Waals surface area contributed by atoms with Gasteiger partial charge in [-0.25, -0.2) is 0 Å². The molecule has 0 unspecified atom stereocenters. The van der Waals surface area contributed by atoms with Gasteiger partial charge >= 0.3 is 6.18 Å². The monoisotopic (exact) mass is 359 g/mol. The van der Waals surface area contributed by atoms with Crippen molar-refractivity contribution in [1.82, 2.24) is 19.6 Å². The molecule has 25 heavy (non-hydrogen) atoms. The number of hydrogen-bond donors (Lipinski definition) is 0. The lowest BCUT2D eigenvalue weighted by Gasteiger charge is -2.24. The average Bonchev–Trinajstić information content (AvgIpc) is 2.87. The molecule has 1 aromatic heterocycles. The molecule has 0 aliphatic carbocycles. The van der Waals surface area contributed by atoms with Gasteiger partial charge in [0.05, 0.1) is 36.4 Å². The van der Waals surface area contributed by atoms with Crippen LogP contribution in [-0.2, 0) is 11.5 Å². The summed E-state index contributed by atoms with van der Waals surface area (Å²) in [7, 11) is 2.91. The molecule has 0 saturated carbocycles. The Hall–Kier alpha value is -2.69.